The van der Waals surface area contributed by atoms with Crippen molar-refractivity contribution in [1.29, 1.82) is 0 Å². The molecule has 4 saturated carbocycles. The van der Waals surface area contributed by atoms with Gasteiger partial charge in [0.25, 0.3) is 0 Å². The number of ether oxygens (including phenoxy) is 2. The summed E-state index contributed by atoms with van der Waals surface area (Å²) < 4.78 is 13.8. The minimum Gasteiger partial charge on any atom is -0.390 e. The van der Waals surface area contributed by atoms with E-state index in [1.54, 1.807) is 0 Å². The largest absolute Gasteiger partial charge is 0.390 e. The fourth-order valence-corrected chi connectivity index (χ4v) is 10.9. The van der Waals surface area contributed by atoms with Crippen molar-refractivity contribution in [3.8, 4) is 0 Å². The fraction of sp³-hybridized carbons (Fsp3) is 0.933. The van der Waals surface area contributed by atoms with E-state index in [1.807, 2.05) is 0 Å². The van der Waals surface area contributed by atoms with Gasteiger partial charge < -0.3 is 19.7 Å². The average Bonchev–Trinajstić information content (AvgIpc) is 3.65. The molecule has 0 aromatic heterocycles. The van der Waals surface area contributed by atoms with Crippen molar-refractivity contribution in [3.05, 3.63) is 12.2 Å². The van der Waals surface area contributed by atoms with Crippen molar-refractivity contribution in [2.45, 2.75) is 134 Å². The monoisotopic (exact) mass is 472 g/mol. The summed E-state index contributed by atoms with van der Waals surface area (Å²) in [6, 6.07) is 0. The van der Waals surface area contributed by atoms with Crippen LogP contribution in [-0.2, 0) is 9.47 Å². The standard InChI is InChI=1S/C30H48O4/c1-8-20(17(2)3)10-9-18(4)22-15-24(32)29-27(22,7)16-25-30(33-25)26(6)13-12-23(31)19(5)21(26)11-14-28(29,30)34-29/h17-18,20-25,31-32H,5,8-16H2,1-4,6-7H3. The van der Waals surface area contributed by atoms with E-state index < -0.39 is 11.7 Å². The van der Waals surface area contributed by atoms with Gasteiger partial charge in [-0.2, -0.15) is 0 Å². The first kappa shape index (κ1) is 23.9. The van der Waals surface area contributed by atoms with Gasteiger partial charge in [-0.1, -0.05) is 61.0 Å². The predicted molar refractivity (Wildman–Crippen MR) is 133 cm³/mol. The van der Waals surface area contributed by atoms with Crippen LogP contribution in [0.2, 0.25) is 0 Å². The van der Waals surface area contributed by atoms with E-state index in [4.69, 9.17) is 9.47 Å². The molecule has 6 aliphatic rings. The second-order valence-electron chi connectivity index (χ2n) is 14.1. The lowest BCUT2D eigenvalue weighted by atomic mass is 9.43. The van der Waals surface area contributed by atoms with Gasteiger partial charge in [-0.3, -0.25) is 0 Å². The lowest BCUT2D eigenvalue weighted by Gasteiger charge is -2.57. The maximum Gasteiger partial charge on any atom is 0.133 e. The summed E-state index contributed by atoms with van der Waals surface area (Å²) in [6.07, 6.45) is 8.69. The van der Waals surface area contributed by atoms with Gasteiger partial charge in [-0.15, -0.1) is 0 Å². The topological polar surface area (TPSA) is 65.5 Å². The number of hydrogen-bond donors (Lipinski definition) is 2. The van der Waals surface area contributed by atoms with Crippen LogP contribution < -0.4 is 0 Å². The number of fused-ring (bicyclic) bond motifs is 1. The summed E-state index contributed by atoms with van der Waals surface area (Å²) in [5.74, 6) is 2.86. The molecule has 0 aromatic rings. The van der Waals surface area contributed by atoms with Gasteiger partial charge in [0, 0.05) is 10.8 Å². The lowest BCUT2D eigenvalue weighted by molar-refractivity contribution is -0.0740. The highest BCUT2D eigenvalue weighted by atomic mass is 16.7. The van der Waals surface area contributed by atoms with Crippen molar-refractivity contribution in [3.63, 3.8) is 0 Å². The normalized spacial score (nSPS) is 56.6. The molecule has 12 unspecified atom stereocenters. The van der Waals surface area contributed by atoms with Gasteiger partial charge in [0.1, 0.15) is 16.8 Å². The molecule has 2 N–H and O–H groups in total. The zero-order valence-corrected chi connectivity index (χ0v) is 22.4. The first-order valence-electron chi connectivity index (χ1n) is 14.4. The Morgan fingerprint density at radius 3 is 2.44 bits per heavy atom. The number of hydrogen-bond acceptors (Lipinski definition) is 4. The fourth-order valence-electron chi connectivity index (χ4n) is 10.9. The van der Waals surface area contributed by atoms with Gasteiger partial charge in [-0.05, 0) is 80.1 Å². The SMILES string of the molecule is C=C1C(O)CCC2(C)C1CCC13OC14C(O)CC(C(C)CCC(CC)C(C)C)C4(C)CC1OC123. The molecule has 2 heterocycles. The van der Waals surface area contributed by atoms with E-state index in [9.17, 15) is 10.2 Å². The van der Waals surface area contributed by atoms with Crippen molar-refractivity contribution in [2.24, 2.45) is 40.4 Å². The Morgan fingerprint density at radius 1 is 1.03 bits per heavy atom. The van der Waals surface area contributed by atoms with E-state index in [2.05, 4.69) is 48.1 Å². The molecule has 0 bridgehead atoms. The molecule has 0 amide bonds. The highest BCUT2D eigenvalue weighted by Gasteiger charge is 3.00. The molecular formula is C30H48O4. The zero-order valence-electron chi connectivity index (χ0n) is 22.4. The van der Waals surface area contributed by atoms with Gasteiger partial charge in [-0.25, -0.2) is 0 Å². The first-order chi connectivity index (χ1) is 16.0. The smallest absolute Gasteiger partial charge is 0.133 e. The quantitative estimate of drug-likeness (QED) is 0.387. The Labute approximate surface area is 206 Å². The molecule has 3 spiro atoms. The first-order valence-corrected chi connectivity index (χ1v) is 14.4. The molecule has 2 aliphatic heterocycles. The third kappa shape index (κ3) is 2.42. The van der Waals surface area contributed by atoms with E-state index in [0.29, 0.717) is 11.8 Å². The van der Waals surface area contributed by atoms with Crippen LogP contribution in [0.5, 0.6) is 0 Å². The molecule has 0 radical (unpaired) electrons. The molecule has 192 valence electrons. The summed E-state index contributed by atoms with van der Waals surface area (Å²) in [7, 11) is 0. The lowest BCUT2D eigenvalue weighted by Crippen LogP contribution is -2.67. The van der Waals surface area contributed by atoms with Gasteiger partial charge in [0.2, 0.25) is 0 Å². The van der Waals surface area contributed by atoms with E-state index in [-0.39, 0.29) is 40.2 Å². The summed E-state index contributed by atoms with van der Waals surface area (Å²) in [4.78, 5) is 0. The number of aliphatic hydroxyl groups is 2. The van der Waals surface area contributed by atoms with Crippen LogP contribution in [0.1, 0.15) is 99.3 Å². The van der Waals surface area contributed by atoms with Crippen molar-refractivity contribution < 1.29 is 19.7 Å². The molecule has 12 atom stereocenters. The Morgan fingerprint density at radius 2 is 1.76 bits per heavy atom. The highest BCUT2D eigenvalue weighted by Crippen LogP contribution is 2.88. The van der Waals surface area contributed by atoms with Crippen LogP contribution in [0.15, 0.2) is 12.2 Å². The Kier molecular flexibility index (Phi) is 5.01. The molecule has 6 rings (SSSR count). The molecule has 2 saturated heterocycles. The molecular weight excluding hydrogens is 424 g/mol. The van der Waals surface area contributed by atoms with E-state index >= 15 is 0 Å². The number of aliphatic hydroxyl groups excluding tert-OH is 2. The van der Waals surface area contributed by atoms with Gasteiger partial charge in [0.15, 0.2) is 0 Å². The Balaban J connectivity index is 1.31. The summed E-state index contributed by atoms with van der Waals surface area (Å²) in [5.41, 5.74) is -0.223. The predicted octanol–water partition coefficient (Wildman–Crippen LogP) is 5.65. The highest BCUT2D eigenvalue weighted by molar-refractivity contribution is 5.49. The van der Waals surface area contributed by atoms with Crippen LogP contribution in [0, 0.1) is 40.4 Å². The number of rotatable bonds is 6. The molecule has 0 aromatic carbocycles. The summed E-state index contributed by atoms with van der Waals surface area (Å²) >= 11 is 0. The van der Waals surface area contributed by atoms with Gasteiger partial charge >= 0.3 is 0 Å². The van der Waals surface area contributed by atoms with Crippen LogP contribution in [0.3, 0.4) is 0 Å². The minimum absolute atomic E-state index is 0.0373. The van der Waals surface area contributed by atoms with Crippen LogP contribution >= 0.6 is 0 Å². The second kappa shape index (κ2) is 7.11. The maximum atomic E-state index is 11.7. The average molecular weight is 473 g/mol. The van der Waals surface area contributed by atoms with Crippen LogP contribution in [0.4, 0.5) is 0 Å². The molecule has 4 nitrogen and oxygen atoms in total. The Bertz CT molecular complexity index is 885. The third-order valence-corrected chi connectivity index (χ3v) is 12.8. The zero-order chi connectivity index (χ0) is 24.5. The van der Waals surface area contributed by atoms with Crippen molar-refractivity contribution in [2.75, 3.05) is 0 Å². The second-order valence-corrected chi connectivity index (χ2v) is 14.1. The molecule has 4 heteroatoms. The van der Waals surface area contributed by atoms with Crippen LogP contribution in [-0.4, -0.2) is 45.3 Å². The van der Waals surface area contributed by atoms with Crippen molar-refractivity contribution >= 4 is 0 Å². The van der Waals surface area contributed by atoms with Gasteiger partial charge in [0.05, 0.1) is 18.3 Å². The Hall–Kier alpha value is -0.420. The van der Waals surface area contributed by atoms with E-state index in [1.165, 1.54) is 19.3 Å². The maximum absolute atomic E-state index is 11.7. The minimum atomic E-state index is -0.459. The molecule has 34 heavy (non-hydrogen) atoms. The summed E-state index contributed by atoms with van der Waals surface area (Å²) in [6.45, 7) is 18.6. The van der Waals surface area contributed by atoms with Crippen molar-refractivity contribution in [1.82, 2.24) is 0 Å². The molecule has 6 fully saturated rings. The summed E-state index contributed by atoms with van der Waals surface area (Å²) in [5, 5.41) is 22.3. The molecule has 4 aliphatic carbocycles. The third-order valence-electron chi connectivity index (χ3n) is 12.8. The van der Waals surface area contributed by atoms with Crippen LogP contribution in [0.25, 0.3) is 0 Å². The number of epoxide rings is 2. The van der Waals surface area contributed by atoms with E-state index in [0.717, 1.165) is 55.9 Å².